The van der Waals surface area contributed by atoms with E-state index in [1.165, 1.54) is 0 Å². The zero-order valence-electron chi connectivity index (χ0n) is 5.18. The third kappa shape index (κ3) is 2.29. The van der Waals surface area contributed by atoms with Crippen molar-refractivity contribution in [1.29, 1.82) is 0 Å². The lowest BCUT2D eigenvalue weighted by Crippen LogP contribution is -1.81. The molecule has 0 saturated carbocycles. The molecule has 1 aromatic rings. The van der Waals surface area contributed by atoms with Crippen LogP contribution in [0.15, 0.2) is 28.7 Å². The van der Waals surface area contributed by atoms with Gasteiger partial charge in [-0.3, -0.25) is 4.29 Å². The highest BCUT2D eigenvalue weighted by Crippen LogP contribution is 2.11. The maximum atomic E-state index is 5.06. The minimum Gasteiger partial charge on any atom is -0.274 e. The second kappa shape index (κ2) is 3.96. The molecular formula is C7H6BrClO. The summed E-state index contributed by atoms with van der Waals surface area (Å²) in [7, 11) is 0. The van der Waals surface area contributed by atoms with Crippen molar-refractivity contribution in [2.45, 2.75) is 6.61 Å². The molecule has 0 aliphatic heterocycles. The molecule has 1 nitrogen and oxygen atoms in total. The lowest BCUT2D eigenvalue weighted by molar-refractivity contribution is 0.341. The first kappa shape index (κ1) is 8.05. The van der Waals surface area contributed by atoms with Crippen molar-refractivity contribution in [2.24, 2.45) is 0 Å². The number of rotatable bonds is 2. The van der Waals surface area contributed by atoms with Gasteiger partial charge in [-0.2, -0.15) is 0 Å². The fraction of sp³-hybridized carbons (Fsp3) is 0.143. The van der Waals surface area contributed by atoms with E-state index in [0.717, 1.165) is 10.0 Å². The molecule has 1 aromatic carbocycles. The maximum Gasteiger partial charge on any atom is 0.0933 e. The smallest absolute Gasteiger partial charge is 0.0933 e. The molecule has 0 aliphatic carbocycles. The van der Waals surface area contributed by atoms with Gasteiger partial charge in [-0.05, 0) is 17.7 Å². The fourth-order valence-corrected chi connectivity index (χ4v) is 1.03. The Kier molecular flexibility index (Phi) is 3.19. The van der Waals surface area contributed by atoms with Gasteiger partial charge in [0, 0.05) is 4.47 Å². The highest BCUT2D eigenvalue weighted by atomic mass is 79.9. The monoisotopic (exact) mass is 220 g/mol. The minimum atomic E-state index is 0.453. The summed E-state index contributed by atoms with van der Waals surface area (Å²) in [4.78, 5) is 0. The van der Waals surface area contributed by atoms with Crippen LogP contribution >= 0.6 is 27.8 Å². The van der Waals surface area contributed by atoms with Crippen molar-refractivity contribution in [3.63, 3.8) is 0 Å². The van der Waals surface area contributed by atoms with Crippen molar-refractivity contribution in [3.8, 4) is 0 Å². The van der Waals surface area contributed by atoms with Gasteiger partial charge in [-0.25, -0.2) is 0 Å². The highest BCUT2D eigenvalue weighted by molar-refractivity contribution is 9.10. The molecular weight excluding hydrogens is 215 g/mol. The number of benzene rings is 1. The van der Waals surface area contributed by atoms with Gasteiger partial charge < -0.3 is 0 Å². The molecule has 0 radical (unpaired) electrons. The second-order valence-corrected chi connectivity index (χ2v) is 3.01. The lowest BCUT2D eigenvalue weighted by Gasteiger charge is -1.95. The topological polar surface area (TPSA) is 9.23 Å². The molecule has 0 saturated heterocycles. The van der Waals surface area contributed by atoms with Crippen molar-refractivity contribution in [2.75, 3.05) is 0 Å². The molecule has 1 rings (SSSR count). The average molecular weight is 221 g/mol. The molecule has 0 N–H and O–H groups in total. The first-order valence-electron chi connectivity index (χ1n) is 2.81. The number of halogens is 2. The zero-order valence-corrected chi connectivity index (χ0v) is 7.52. The summed E-state index contributed by atoms with van der Waals surface area (Å²) in [6, 6.07) is 7.80. The van der Waals surface area contributed by atoms with Gasteiger partial charge in [0.1, 0.15) is 0 Å². The van der Waals surface area contributed by atoms with Gasteiger partial charge in [0.25, 0.3) is 0 Å². The van der Waals surface area contributed by atoms with E-state index in [9.17, 15) is 0 Å². The summed E-state index contributed by atoms with van der Waals surface area (Å²) in [6.07, 6.45) is 0. The summed E-state index contributed by atoms with van der Waals surface area (Å²) in [5.41, 5.74) is 1.07. The summed E-state index contributed by atoms with van der Waals surface area (Å²) in [5, 5.41) is 0. The van der Waals surface area contributed by atoms with E-state index in [0.29, 0.717) is 6.61 Å². The van der Waals surface area contributed by atoms with E-state index in [2.05, 4.69) is 20.2 Å². The van der Waals surface area contributed by atoms with Crippen LogP contribution in [0.1, 0.15) is 5.56 Å². The van der Waals surface area contributed by atoms with Crippen LogP contribution < -0.4 is 0 Å². The molecule has 0 heterocycles. The van der Waals surface area contributed by atoms with Crippen LogP contribution in [0.5, 0.6) is 0 Å². The third-order valence-electron chi connectivity index (χ3n) is 1.13. The third-order valence-corrected chi connectivity index (χ3v) is 1.77. The van der Waals surface area contributed by atoms with Crippen molar-refractivity contribution < 1.29 is 4.29 Å². The molecule has 0 amide bonds. The predicted octanol–water partition coefficient (Wildman–Crippen LogP) is 3.12. The molecule has 0 fully saturated rings. The van der Waals surface area contributed by atoms with Crippen molar-refractivity contribution >= 4 is 27.8 Å². The van der Waals surface area contributed by atoms with Gasteiger partial charge in [0.05, 0.1) is 18.5 Å². The lowest BCUT2D eigenvalue weighted by atomic mass is 10.2. The molecule has 0 atom stereocenters. The van der Waals surface area contributed by atoms with E-state index < -0.39 is 0 Å². The van der Waals surface area contributed by atoms with Crippen LogP contribution in [0.4, 0.5) is 0 Å². The standard InChI is InChI=1S/C7H6BrClO/c8-7-3-1-6(2-4-7)5-10-9/h1-4H,5H2. The van der Waals surface area contributed by atoms with E-state index in [-0.39, 0.29) is 0 Å². The molecule has 0 spiro atoms. The van der Waals surface area contributed by atoms with Crippen LogP contribution in [0.3, 0.4) is 0 Å². The molecule has 10 heavy (non-hydrogen) atoms. The largest absolute Gasteiger partial charge is 0.274 e. The molecule has 0 unspecified atom stereocenters. The summed E-state index contributed by atoms with van der Waals surface area (Å²) < 4.78 is 5.49. The highest BCUT2D eigenvalue weighted by Gasteiger charge is 1.90. The van der Waals surface area contributed by atoms with Crippen molar-refractivity contribution in [3.05, 3.63) is 34.3 Å². The molecule has 3 heteroatoms. The fourth-order valence-electron chi connectivity index (χ4n) is 0.644. The van der Waals surface area contributed by atoms with E-state index in [1.807, 2.05) is 24.3 Å². The SMILES string of the molecule is ClOCc1ccc(Br)cc1. The summed E-state index contributed by atoms with van der Waals surface area (Å²) >= 11 is 8.39. The first-order chi connectivity index (χ1) is 4.83. The van der Waals surface area contributed by atoms with Gasteiger partial charge >= 0.3 is 0 Å². The van der Waals surface area contributed by atoms with Gasteiger partial charge in [0.15, 0.2) is 0 Å². The molecule has 0 aliphatic rings. The Balaban J connectivity index is 2.69. The Morgan fingerprint density at radius 3 is 2.40 bits per heavy atom. The van der Waals surface area contributed by atoms with Crippen LogP contribution in [0, 0.1) is 0 Å². The Morgan fingerprint density at radius 1 is 1.30 bits per heavy atom. The Morgan fingerprint density at radius 2 is 1.90 bits per heavy atom. The van der Waals surface area contributed by atoms with Crippen molar-refractivity contribution in [1.82, 2.24) is 0 Å². The van der Waals surface area contributed by atoms with E-state index in [4.69, 9.17) is 11.9 Å². The van der Waals surface area contributed by atoms with Crippen LogP contribution in [0.2, 0.25) is 0 Å². The first-order valence-corrected chi connectivity index (χ1v) is 3.91. The number of hydrogen-bond donors (Lipinski definition) is 0. The zero-order chi connectivity index (χ0) is 7.40. The molecule has 54 valence electrons. The van der Waals surface area contributed by atoms with Gasteiger partial charge in [-0.15, -0.1) is 0 Å². The Labute approximate surface area is 73.3 Å². The van der Waals surface area contributed by atoms with Crippen LogP contribution in [-0.4, -0.2) is 0 Å². The van der Waals surface area contributed by atoms with Gasteiger partial charge in [0.2, 0.25) is 0 Å². The quantitative estimate of drug-likeness (QED) is 0.746. The summed E-state index contributed by atoms with van der Waals surface area (Å²) in [6.45, 7) is 0.453. The number of hydrogen-bond acceptors (Lipinski definition) is 1. The summed E-state index contributed by atoms with van der Waals surface area (Å²) in [5.74, 6) is 0. The second-order valence-electron chi connectivity index (χ2n) is 1.88. The average Bonchev–Trinajstić information content (AvgIpc) is 1.95. The van der Waals surface area contributed by atoms with Gasteiger partial charge in [-0.1, -0.05) is 28.1 Å². The van der Waals surface area contributed by atoms with E-state index >= 15 is 0 Å². The van der Waals surface area contributed by atoms with E-state index in [1.54, 1.807) is 0 Å². The minimum absolute atomic E-state index is 0.453. The normalized spacial score (nSPS) is 9.80. The Hall–Kier alpha value is -0.0500. The van der Waals surface area contributed by atoms with Crippen LogP contribution in [-0.2, 0) is 10.9 Å². The Bertz CT molecular complexity index is 197. The molecule has 0 aromatic heterocycles. The van der Waals surface area contributed by atoms with Crippen LogP contribution in [0.25, 0.3) is 0 Å². The maximum absolute atomic E-state index is 5.06. The predicted molar refractivity (Wildman–Crippen MR) is 44.8 cm³/mol. The molecule has 0 bridgehead atoms.